The largest absolute Gasteiger partial charge is 0.426 e. The van der Waals surface area contributed by atoms with Crippen LogP contribution >= 0.6 is 0 Å². The van der Waals surface area contributed by atoms with Gasteiger partial charge in [-0.25, -0.2) is 0 Å². The van der Waals surface area contributed by atoms with Gasteiger partial charge in [0, 0.05) is 0 Å². The first-order chi connectivity index (χ1) is 13.5. The van der Waals surface area contributed by atoms with Crippen LogP contribution in [0.15, 0.2) is 66.2 Å². The van der Waals surface area contributed by atoms with Crippen LogP contribution in [0.4, 0.5) is 5.69 Å². The van der Waals surface area contributed by atoms with Gasteiger partial charge < -0.3 is 4.74 Å². The molecule has 0 bridgehead atoms. The van der Waals surface area contributed by atoms with E-state index in [1.165, 1.54) is 4.90 Å². The minimum atomic E-state index is -0.361. The van der Waals surface area contributed by atoms with Crippen molar-refractivity contribution in [3.05, 3.63) is 71.8 Å². The molecule has 1 fully saturated rings. The van der Waals surface area contributed by atoms with Crippen molar-refractivity contribution in [2.24, 2.45) is 11.8 Å². The molecule has 0 unspecified atom stereocenters. The van der Waals surface area contributed by atoms with Crippen LogP contribution in [0, 0.1) is 11.8 Å². The summed E-state index contributed by atoms with van der Waals surface area (Å²) < 4.78 is 5.36. The van der Waals surface area contributed by atoms with Crippen molar-refractivity contribution >= 4 is 23.5 Å². The molecule has 0 aromatic heterocycles. The van der Waals surface area contributed by atoms with Crippen LogP contribution in [0.5, 0.6) is 5.75 Å². The maximum absolute atomic E-state index is 12.8. The van der Waals surface area contributed by atoms with Crippen LogP contribution in [0.3, 0.4) is 0 Å². The van der Waals surface area contributed by atoms with Gasteiger partial charge in [-0.05, 0) is 49.6 Å². The van der Waals surface area contributed by atoms with Crippen LogP contribution in [-0.4, -0.2) is 17.8 Å². The second-order valence-corrected chi connectivity index (χ2v) is 7.35. The van der Waals surface area contributed by atoms with Crippen molar-refractivity contribution < 1.29 is 19.1 Å². The second kappa shape index (κ2) is 7.43. The lowest BCUT2D eigenvalue weighted by molar-refractivity contribution is -0.133. The summed E-state index contributed by atoms with van der Waals surface area (Å²) in [5.74, 6) is -0.789. The Labute approximate surface area is 163 Å². The number of allylic oxidation sites excluding steroid dienone is 2. The molecule has 2 amide bonds. The van der Waals surface area contributed by atoms with Crippen LogP contribution < -0.4 is 9.64 Å². The molecular formula is C23H21NO4. The number of anilines is 1. The van der Waals surface area contributed by atoms with Crippen LogP contribution in [0.2, 0.25) is 0 Å². The number of carbonyl (C=O) groups excluding carboxylic acids is 3. The first-order valence-electron chi connectivity index (χ1n) is 9.41. The number of benzene rings is 2. The fourth-order valence-corrected chi connectivity index (χ4v) is 3.89. The summed E-state index contributed by atoms with van der Waals surface area (Å²) in [4.78, 5) is 38.8. The third-order valence-corrected chi connectivity index (χ3v) is 5.34. The zero-order valence-corrected chi connectivity index (χ0v) is 15.6. The summed E-state index contributed by atoms with van der Waals surface area (Å²) in [5.41, 5.74) is 2.55. The first-order valence-corrected chi connectivity index (χ1v) is 9.41. The fraction of sp³-hybridized carbons (Fsp3) is 0.261. The van der Waals surface area contributed by atoms with Crippen molar-refractivity contribution in [3.63, 3.8) is 0 Å². The Hall–Kier alpha value is -3.21. The topological polar surface area (TPSA) is 63.7 Å². The molecule has 1 aliphatic heterocycles. The van der Waals surface area contributed by atoms with Gasteiger partial charge in [-0.1, -0.05) is 42.0 Å². The number of carbonyl (C=O) groups is 3. The summed E-state index contributed by atoms with van der Waals surface area (Å²) in [6, 6.07) is 15.9. The Morgan fingerprint density at radius 3 is 2.39 bits per heavy atom. The zero-order valence-electron chi connectivity index (χ0n) is 15.6. The van der Waals surface area contributed by atoms with Crippen molar-refractivity contribution in [1.29, 1.82) is 0 Å². The van der Waals surface area contributed by atoms with Gasteiger partial charge in [0.05, 0.1) is 23.9 Å². The zero-order chi connectivity index (χ0) is 19.7. The lowest BCUT2D eigenvalue weighted by atomic mass is 9.82. The average Bonchev–Trinajstić information content (AvgIpc) is 2.93. The highest BCUT2D eigenvalue weighted by molar-refractivity contribution is 6.22. The molecule has 5 nitrogen and oxygen atoms in total. The molecule has 0 spiro atoms. The molecule has 1 aliphatic carbocycles. The maximum Gasteiger partial charge on any atom is 0.315 e. The minimum Gasteiger partial charge on any atom is -0.426 e. The fourth-order valence-electron chi connectivity index (χ4n) is 3.89. The summed E-state index contributed by atoms with van der Waals surface area (Å²) in [6.07, 6.45) is 3.49. The lowest BCUT2D eigenvalue weighted by Gasteiger charge is -2.18. The van der Waals surface area contributed by atoms with Gasteiger partial charge in [-0.2, -0.15) is 0 Å². The van der Waals surface area contributed by atoms with Gasteiger partial charge >= 0.3 is 5.97 Å². The van der Waals surface area contributed by atoms with Gasteiger partial charge in [0.2, 0.25) is 11.8 Å². The highest BCUT2D eigenvalue weighted by Crippen LogP contribution is 2.39. The van der Waals surface area contributed by atoms with E-state index in [0.29, 0.717) is 24.3 Å². The van der Waals surface area contributed by atoms with Crippen molar-refractivity contribution in [2.75, 3.05) is 4.90 Å². The number of hydrogen-bond acceptors (Lipinski definition) is 4. The van der Waals surface area contributed by atoms with E-state index in [0.717, 1.165) is 11.1 Å². The van der Waals surface area contributed by atoms with E-state index in [1.807, 2.05) is 43.3 Å². The molecule has 2 aliphatic rings. The molecule has 2 atom stereocenters. The number of rotatable bonds is 4. The number of fused-ring (bicyclic) bond motifs is 1. The maximum atomic E-state index is 12.8. The predicted octanol–water partition coefficient (Wildman–Crippen LogP) is 3.68. The highest BCUT2D eigenvalue weighted by atomic mass is 16.5. The molecule has 4 rings (SSSR count). The minimum absolute atomic E-state index is 0.142. The summed E-state index contributed by atoms with van der Waals surface area (Å²) in [6.45, 7) is 2.00. The average molecular weight is 375 g/mol. The number of nitrogens with zero attached hydrogens (tertiary/aromatic N) is 1. The third-order valence-electron chi connectivity index (χ3n) is 5.34. The van der Waals surface area contributed by atoms with Gasteiger partial charge in [-0.15, -0.1) is 0 Å². The van der Waals surface area contributed by atoms with E-state index < -0.39 is 0 Å². The molecule has 0 N–H and O–H groups in total. The molecule has 2 aromatic rings. The molecule has 0 radical (unpaired) electrons. The van der Waals surface area contributed by atoms with E-state index in [2.05, 4.69) is 0 Å². The Morgan fingerprint density at radius 1 is 1.00 bits per heavy atom. The smallest absolute Gasteiger partial charge is 0.315 e. The van der Waals surface area contributed by atoms with Gasteiger partial charge in [0.15, 0.2) is 0 Å². The van der Waals surface area contributed by atoms with Crippen molar-refractivity contribution in [1.82, 2.24) is 0 Å². The quantitative estimate of drug-likeness (QED) is 0.354. The molecular weight excluding hydrogens is 354 g/mol. The standard InChI is InChI=1S/C23H21NO4/c1-15-7-12-19-20(13-15)23(27)24(22(19)26)17-8-10-18(11-9-17)28-21(25)14-16-5-3-2-4-6-16/h2-11,19-20H,12-14H2,1H3/t19-,20+/m0/s1. The number of hydrogen-bond donors (Lipinski definition) is 0. The van der Waals surface area contributed by atoms with Crippen LogP contribution in [0.1, 0.15) is 25.3 Å². The monoisotopic (exact) mass is 375 g/mol. The Balaban J connectivity index is 1.44. The number of imide groups is 1. The third kappa shape index (κ3) is 3.48. The van der Waals surface area contributed by atoms with Crippen LogP contribution in [0.25, 0.3) is 0 Å². The summed E-state index contributed by atoms with van der Waals surface area (Å²) >= 11 is 0. The van der Waals surface area contributed by atoms with Crippen molar-refractivity contribution in [2.45, 2.75) is 26.2 Å². The Kier molecular flexibility index (Phi) is 4.82. The molecule has 142 valence electrons. The number of ether oxygens (including phenoxy) is 1. The lowest BCUT2D eigenvalue weighted by Crippen LogP contribution is -2.30. The molecule has 2 aromatic carbocycles. The normalized spacial score (nSPS) is 21.3. The van der Waals surface area contributed by atoms with Gasteiger partial charge in [0.25, 0.3) is 0 Å². The molecule has 5 heteroatoms. The SMILES string of the molecule is CC1=CC[C@@H]2C(=O)N(c3ccc(OC(=O)Cc4ccccc4)cc3)C(=O)[C@@H]2C1. The van der Waals surface area contributed by atoms with Crippen molar-refractivity contribution in [3.8, 4) is 5.75 Å². The van der Waals surface area contributed by atoms with E-state index in [-0.39, 0.29) is 36.0 Å². The van der Waals surface area contributed by atoms with E-state index >= 15 is 0 Å². The molecule has 0 saturated carbocycles. The van der Waals surface area contributed by atoms with E-state index in [1.54, 1.807) is 24.3 Å². The summed E-state index contributed by atoms with van der Waals surface area (Å²) in [7, 11) is 0. The molecule has 1 saturated heterocycles. The molecule has 28 heavy (non-hydrogen) atoms. The van der Waals surface area contributed by atoms with Gasteiger partial charge in [-0.3, -0.25) is 19.3 Å². The van der Waals surface area contributed by atoms with Crippen LogP contribution in [-0.2, 0) is 20.8 Å². The number of esters is 1. The summed E-state index contributed by atoms with van der Waals surface area (Å²) in [5, 5.41) is 0. The highest BCUT2D eigenvalue weighted by Gasteiger charge is 2.48. The van der Waals surface area contributed by atoms with Gasteiger partial charge in [0.1, 0.15) is 5.75 Å². The van der Waals surface area contributed by atoms with E-state index in [4.69, 9.17) is 4.74 Å². The molecule has 1 heterocycles. The number of amides is 2. The Bertz CT molecular complexity index is 946. The predicted molar refractivity (Wildman–Crippen MR) is 105 cm³/mol. The first kappa shape index (κ1) is 18.2. The second-order valence-electron chi connectivity index (χ2n) is 7.35. The Morgan fingerprint density at radius 2 is 1.68 bits per heavy atom. The van der Waals surface area contributed by atoms with E-state index in [9.17, 15) is 14.4 Å².